The molecule has 0 unspecified atom stereocenters. The molecule has 61 heavy (non-hydrogen) atoms. The van der Waals surface area contributed by atoms with Gasteiger partial charge in [-0.05, 0) is 136 Å². The molecule has 0 aliphatic rings. The third-order valence-electron chi connectivity index (χ3n) is 13.4. The van der Waals surface area contributed by atoms with Crippen LogP contribution >= 0.6 is 0 Å². The van der Waals surface area contributed by atoms with Crippen molar-refractivity contribution in [2.24, 2.45) is 0 Å². The largest absolute Gasteiger partial charge is 0.235 e. The van der Waals surface area contributed by atoms with Crippen molar-refractivity contribution in [3.05, 3.63) is 97.9 Å². The van der Waals surface area contributed by atoms with Crippen LogP contribution in [0.3, 0.4) is 0 Å². The summed E-state index contributed by atoms with van der Waals surface area (Å²) in [4.78, 5) is 0. The molecule has 0 spiro atoms. The second-order valence-electron chi connectivity index (χ2n) is 21.8. The smallest absolute Gasteiger partial charge is 0.230 e. The maximum Gasteiger partial charge on any atom is 0.230 e. The molecular weight excluding hydrogens is 829 g/mol. The average molecular weight is 919 g/mol. The summed E-state index contributed by atoms with van der Waals surface area (Å²) in [5, 5.41) is 5.17. The van der Waals surface area contributed by atoms with E-state index in [1.165, 1.54) is 28.1 Å². The zero-order valence-corrected chi connectivity index (χ0v) is 47.8. The fraction of sp³-hybridized carbons (Fsp3) is 0.625. The number of rotatable bonds is 16. The molecule has 0 fully saturated rings. The number of hydrogen-bond donors (Lipinski definition) is 0. The zero-order valence-electron chi connectivity index (χ0n) is 43.7. The van der Waals surface area contributed by atoms with Gasteiger partial charge in [0.05, 0.1) is 12.1 Å². The van der Waals surface area contributed by atoms with Crippen molar-refractivity contribution >= 4 is 55.2 Å². The van der Waals surface area contributed by atoms with E-state index in [4.69, 9.17) is 0 Å². The first-order valence-electron chi connectivity index (χ1n) is 24.2. The van der Waals surface area contributed by atoms with Crippen LogP contribution in [-0.4, -0.2) is 38.8 Å². The average Bonchev–Trinajstić information content (AvgIpc) is 3.41. The van der Waals surface area contributed by atoms with Crippen LogP contribution in [-0.2, 0) is 0 Å². The van der Waals surface area contributed by atoms with Gasteiger partial charge >= 0.3 is 0 Å². The fourth-order valence-corrected chi connectivity index (χ4v) is 22.7. The summed E-state index contributed by atoms with van der Waals surface area (Å²) in [5.74, 6) is 3.78. The molecule has 0 aliphatic carbocycles. The number of hydrogen-bond acceptors (Lipinski definition) is 0. The van der Waals surface area contributed by atoms with Crippen molar-refractivity contribution in [3.8, 4) is 0 Å². The predicted octanol–water partition coefficient (Wildman–Crippen LogP) is 13.3. The van der Waals surface area contributed by atoms with Crippen LogP contribution in [0.5, 0.6) is 0 Å². The van der Waals surface area contributed by atoms with Crippen molar-refractivity contribution in [1.82, 2.24) is 4.57 Å². The second kappa shape index (κ2) is 21.2. The summed E-state index contributed by atoms with van der Waals surface area (Å²) in [6.45, 7) is 58.9. The molecule has 0 amide bonds. The molecule has 0 saturated heterocycles. The van der Waals surface area contributed by atoms with Crippen LogP contribution in [0, 0.1) is 13.8 Å². The van der Waals surface area contributed by atoms with E-state index in [0.717, 1.165) is 0 Å². The number of benzene rings is 3. The maximum absolute atomic E-state index is 2.85. The Balaban J connectivity index is 0.00000992. The van der Waals surface area contributed by atoms with Crippen LogP contribution < -0.4 is 25.6 Å². The molecule has 5 heteroatoms. The van der Waals surface area contributed by atoms with E-state index in [9.17, 15) is 0 Å². The fourth-order valence-electron chi connectivity index (χ4n) is 9.74. The van der Waals surface area contributed by atoms with Gasteiger partial charge in [0, 0.05) is 31.4 Å². The van der Waals surface area contributed by atoms with E-state index in [2.05, 4.69) is 212 Å². The van der Waals surface area contributed by atoms with Gasteiger partial charge in [-0.1, -0.05) is 171 Å². The van der Waals surface area contributed by atoms with Crippen molar-refractivity contribution in [1.29, 1.82) is 0 Å². The first-order valence-corrected chi connectivity index (χ1v) is 28.2. The Morgan fingerprint density at radius 1 is 0.377 bits per heavy atom. The molecule has 4 rings (SSSR count). The molecule has 0 N–H and O–H groups in total. The molecule has 3 aromatic carbocycles. The van der Waals surface area contributed by atoms with E-state index in [-0.39, 0.29) is 17.6 Å². The van der Waals surface area contributed by atoms with E-state index in [1.54, 1.807) is 54.4 Å². The topological polar surface area (TPSA) is 8.81 Å². The van der Waals surface area contributed by atoms with Crippen LogP contribution in [0.25, 0.3) is 0 Å². The van der Waals surface area contributed by atoms with Gasteiger partial charge in [-0.2, -0.15) is 0 Å². The summed E-state index contributed by atoms with van der Waals surface area (Å²) in [6.07, 6.45) is 0. The maximum atomic E-state index is 2.85. The first kappa shape index (κ1) is 53.2. The zero-order chi connectivity index (χ0) is 45.6. The van der Waals surface area contributed by atoms with Gasteiger partial charge in [-0.25, -0.2) is 9.13 Å². The number of imidazole rings is 1. The minimum absolute atomic E-state index is 0. The first-order chi connectivity index (χ1) is 27.8. The number of aromatic nitrogens is 2. The number of nitrogens with zero attached hydrogens (tertiary/aromatic N) is 2. The van der Waals surface area contributed by atoms with Gasteiger partial charge in [0.1, 0.15) is 19.7 Å². The van der Waals surface area contributed by atoms with Crippen molar-refractivity contribution in [2.45, 2.75) is 232 Å². The molecule has 0 bridgehead atoms. The monoisotopic (exact) mass is 920 g/mol. The predicted molar refractivity (Wildman–Crippen MR) is 277 cm³/mol. The van der Waals surface area contributed by atoms with Gasteiger partial charge in [0.2, 0.25) is 13.8 Å². The minimum atomic E-state index is -1.64. The van der Waals surface area contributed by atoms with Crippen LogP contribution in [0.1, 0.15) is 279 Å². The Bertz CT molecular complexity index is 1910. The van der Waals surface area contributed by atoms with Crippen LogP contribution in [0.15, 0.2) is 36.4 Å². The molecule has 1 aromatic heterocycles. The van der Waals surface area contributed by atoms with Gasteiger partial charge in [-0.3, -0.25) is 0 Å². The Morgan fingerprint density at radius 3 is 0.820 bits per heavy atom. The summed E-state index contributed by atoms with van der Waals surface area (Å²) < 4.78 is 5.69. The molecule has 6 radical (unpaired) electrons. The molecule has 2 nitrogen and oxygen atoms in total. The van der Waals surface area contributed by atoms with E-state index in [0.29, 0.717) is 65.3 Å². The molecule has 1 heterocycles. The molecule has 0 saturated carbocycles. The molecule has 0 aliphatic heterocycles. The normalized spacial score (nSPS) is 12.7. The van der Waals surface area contributed by atoms with Crippen molar-refractivity contribution in [2.75, 3.05) is 0 Å². The quantitative estimate of drug-likeness (QED) is 0.0782. The van der Waals surface area contributed by atoms with E-state index in [1.807, 2.05) is 0 Å². The minimum Gasteiger partial charge on any atom is -0.235 e. The SMILES string of the molecule is Cc1c(C)[n+](C(C)C)c([Si](c2c(C(C)C)cc(C(C)C)cc2C(C)C)[Si](c2c(C(C)C)cc(C(C)C)cc2C(C)C)c2c(C(C)C)cc(C(C)C)cc2C(C)C)n1C(C)C.[Ge]. The van der Waals surface area contributed by atoms with Crippen LogP contribution in [0.4, 0.5) is 0 Å². The Morgan fingerprint density at radius 2 is 0.623 bits per heavy atom. The van der Waals surface area contributed by atoms with Gasteiger partial charge in [0.25, 0.3) is 0 Å². The second-order valence-corrected chi connectivity index (χ2v) is 28.2. The Kier molecular flexibility index (Phi) is 18.5. The summed E-state index contributed by atoms with van der Waals surface area (Å²) >= 11 is 0. The Hall–Kier alpha value is -2.15. The molecule has 0 atom stereocenters. The summed E-state index contributed by atoms with van der Waals surface area (Å²) in [7, 11) is -3.26. The standard InChI is InChI=1S/C56H89N2Si2.Ge/c1-31(2)44-25-47(34(7)8)53(48(26-44)35(9)10)59(54-49(36(11)12)27-45(32(3)4)28-50(54)37(13)14)60(56-57(40(19)20)42(23)43(24)58(56)41(21)22)55-51(38(15)16)29-46(33(5)6)30-52(55)39(17)18;/h25-41H,1-24H3;/q+1;. The molecule has 334 valence electrons. The van der Waals surface area contributed by atoms with E-state index >= 15 is 0 Å². The Labute approximate surface area is 391 Å². The summed E-state index contributed by atoms with van der Waals surface area (Å²) in [6, 6.07) is 16.7. The van der Waals surface area contributed by atoms with Gasteiger partial charge < -0.3 is 0 Å². The van der Waals surface area contributed by atoms with Crippen LogP contribution in [0.2, 0.25) is 0 Å². The van der Waals surface area contributed by atoms with E-state index < -0.39 is 16.6 Å². The van der Waals surface area contributed by atoms with Gasteiger partial charge in [0.15, 0.2) is 0 Å². The molecule has 4 aromatic rings. The van der Waals surface area contributed by atoms with Crippen molar-refractivity contribution < 1.29 is 4.57 Å². The molecular formula is C56H89GeN2Si2+. The van der Waals surface area contributed by atoms with Crippen molar-refractivity contribution in [3.63, 3.8) is 0 Å². The summed E-state index contributed by atoms with van der Waals surface area (Å²) in [5.41, 5.74) is 18.5. The third-order valence-corrected chi connectivity index (χ3v) is 22.4. The van der Waals surface area contributed by atoms with Gasteiger partial charge in [-0.15, -0.1) is 0 Å². The third kappa shape index (κ3) is 10.7.